The molecule has 112 valence electrons. The van der Waals surface area contributed by atoms with Gasteiger partial charge in [0.15, 0.2) is 5.82 Å². The van der Waals surface area contributed by atoms with Crippen LogP contribution >= 0.6 is 0 Å². The third-order valence-electron chi connectivity index (χ3n) is 3.09. The van der Waals surface area contributed by atoms with E-state index in [4.69, 9.17) is 0 Å². The third-order valence-corrected chi connectivity index (χ3v) is 3.09. The average Bonchev–Trinajstić information content (AvgIpc) is 2.45. The molecule has 2 rings (SSSR count). The van der Waals surface area contributed by atoms with Crippen LogP contribution in [0.1, 0.15) is 39.7 Å². The number of para-hydroxylation sites is 1. The minimum absolute atomic E-state index is 0.0628. The zero-order chi connectivity index (χ0) is 15.3. The molecule has 0 radical (unpaired) electrons. The van der Waals surface area contributed by atoms with Crippen molar-refractivity contribution < 1.29 is 0 Å². The van der Waals surface area contributed by atoms with Crippen molar-refractivity contribution >= 4 is 17.5 Å². The molecule has 2 aromatic rings. The summed E-state index contributed by atoms with van der Waals surface area (Å²) in [6.07, 6.45) is 2.66. The first kappa shape index (κ1) is 15.2. The van der Waals surface area contributed by atoms with E-state index in [0.717, 1.165) is 18.7 Å². The van der Waals surface area contributed by atoms with Crippen LogP contribution in [0.2, 0.25) is 0 Å². The van der Waals surface area contributed by atoms with Gasteiger partial charge in [0.25, 0.3) is 0 Å². The smallest absolute Gasteiger partial charge is 0.244 e. The summed E-state index contributed by atoms with van der Waals surface area (Å²) in [5.41, 5.74) is 2.35. The van der Waals surface area contributed by atoms with Gasteiger partial charge in [-0.2, -0.15) is 10.1 Å². The molecular weight excluding hydrogens is 262 g/mol. The number of hydrogen-bond acceptors (Lipinski definition) is 5. The van der Waals surface area contributed by atoms with Crippen LogP contribution in [0.3, 0.4) is 0 Å². The zero-order valence-electron chi connectivity index (χ0n) is 13.1. The predicted molar refractivity (Wildman–Crippen MR) is 87.0 cm³/mol. The molecule has 0 bridgehead atoms. The molecule has 0 unspecified atom stereocenters. The lowest BCUT2D eigenvalue weighted by Gasteiger charge is -2.23. The minimum atomic E-state index is 0.0628. The van der Waals surface area contributed by atoms with Crippen LogP contribution in [0.5, 0.6) is 0 Å². The first-order chi connectivity index (χ1) is 10.0. The highest BCUT2D eigenvalue weighted by atomic mass is 15.3. The highest BCUT2D eigenvalue weighted by Crippen LogP contribution is 2.30. The Balaban J connectivity index is 2.23. The Morgan fingerprint density at radius 2 is 1.90 bits per heavy atom. The molecule has 5 heteroatoms. The number of aromatic nitrogens is 3. The van der Waals surface area contributed by atoms with Crippen molar-refractivity contribution in [3.8, 4) is 0 Å². The molecule has 1 aromatic heterocycles. The molecule has 0 amide bonds. The van der Waals surface area contributed by atoms with E-state index in [1.165, 1.54) is 5.56 Å². The van der Waals surface area contributed by atoms with E-state index in [1.807, 2.05) is 6.07 Å². The van der Waals surface area contributed by atoms with E-state index in [0.29, 0.717) is 11.8 Å². The summed E-state index contributed by atoms with van der Waals surface area (Å²) in [4.78, 5) is 4.43. The normalized spacial score (nSPS) is 11.2. The second-order valence-corrected chi connectivity index (χ2v) is 6.01. The molecule has 0 aliphatic rings. The molecule has 1 aromatic carbocycles. The van der Waals surface area contributed by atoms with Crippen LogP contribution in [-0.2, 0) is 5.41 Å². The van der Waals surface area contributed by atoms with E-state index < -0.39 is 0 Å². The van der Waals surface area contributed by atoms with Crippen molar-refractivity contribution in [2.45, 2.75) is 39.5 Å². The fourth-order valence-corrected chi connectivity index (χ4v) is 2.06. The van der Waals surface area contributed by atoms with Crippen molar-refractivity contribution in [2.75, 3.05) is 17.2 Å². The third kappa shape index (κ3) is 4.15. The summed E-state index contributed by atoms with van der Waals surface area (Å²) in [6.45, 7) is 9.52. The first-order valence-electron chi connectivity index (χ1n) is 7.31. The Morgan fingerprint density at radius 1 is 1.14 bits per heavy atom. The van der Waals surface area contributed by atoms with Gasteiger partial charge in [-0.25, -0.2) is 0 Å². The Morgan fingerprint density at radius 3 is 2.62 bits per heavy atom. The predicted octanol–water partition coefficient (Wildman–Crippen LogP) is 3.73. The summed E-state index contributed by atoms with van der Waals surface area (Å²) >= 11 is 0. The maximum Gasteiger partial charge on any atom is 0.244 e. The fraction of sp³-hybridized carbons (Fsp3) is 0.438. The molecule has 0 spiro atoms. The second-order valence-electron chi connectivity index (χ2n) is 6.01. The van der Waals surface area contributed by atoms with Gasteiger partial charge in [-0.05, 0) is 23.5 Å². The van der Waals surface area contributed by atoms with Crippen LogP contribution in [0.4, 0.5) is 17.5 Å². The molecule has 0 saturated heterocycles. The molecule has 0 aliphatic heterocycles. The lowest BCUT2D eigenvalue weighted by atomic mass is 9.86. The van der Waals surface area contributed by atoms with Gasteiger partial charge in [0, 0.05) is 12.2 Å². The van der Waals surface area contributed by atoms with Crippen molar-refractivity contribution in [3.05, 3.63) is 36.0 Å². The largest absolute Gasteiger partial charge is 0.353 e. The average molecular weight is 285 g/mol. The Kier molecular flexibility index (Phi) is 4.73. The van der Waals surface area contributed by atoms with E-state index in [9.17, 15) is 0 Å². The van der Waals surface area contributed by atoms with Gasteiger partial charge in [0.2, 0.25) is 5.95 Å². The minimum Gasteiger partial charge on any atom is -0.353 e. The Bertz CT molecular complexity index is 589. The summed E-state index contributed by atoms with van der Waals surface area (Å²) in [7, 11) is 0. The topological polar surface area (TPSA) is 62.7 Å². The van der Waals surface area contributed by atoms with Crippen molar-refractivity contribution in [2.24, 2.45) is 0 Å². The summed E-state index contributed by atoms with van der Waals surface area (Å²) < 4.78 is 0. The Hall–Kier alpha value is -2.17. The zero-order valence-corrected chi connectivity index (χ0v) is 13.1. The molecular formula is C16H23N5. The maximum atomic E-state index is 4.43. The standard InChI is InChI=1S/C16H23N5/c1-5-10-17-15-20-14(11-18-21-15)19-13-9-7-6-8-12(13)16(2,3)4/h6-9,11H,5,10H2,1-4H3,(H2,17,19,20,21). The van der Waals surface area contributed by atoms with Gasteiger partial charge in [-0.3, -0.25) is 0 Å². The van der Waals surface area contributed by atoms with Gasteiger partial charge in [-0.1, -0.05) is 45.9 Å². The van der Waals surface area contributed by atoms with Crippen LogP contribution in [0, 0.1) is 0 Å². The van der Waals surface area contributed by atoms with E-state index >= 15 is 0 Å². The van der Waals surface area contributed by atoms with Gasteiger partial charge < -0.3 is 10.6 Å². The van der Waals surface area contributed by atoms with Gasteiger partial charge in [0.05, 0.1) is 6.20 Å². The van der Waals surface area contributed by atoms with Crippen LogP contribution in [-0.4, -0.2) is 21.7 Å². The number of nitrogens with zero attached hydrogens (tertiary/aromatic N) is 3. The molecule has 0 aliphatic carbocycles. The number of hydrogen-bond donors (Lipinski definition) is 2. The summed E-state index contributed by atoms with van der Waals surface area (Å²) in [5, 5.41) is 14.4. The highest BCUT2D eigenvalue weighted by molar-refractivity contribution is 5.62. The van der Waals surface area contributed by atoms with Crippen molar-refractivity contribution in [1.29, 1.82) is 0 Å². The lowest BCUT2D eigenvalue weighted by molar-refractivity contribution is 0.592. The fourth-order valence-electron chi connectivity index (χ4n) is 2.06. The Labute approximate surface area is 126 Å². The highest BCUT2D eigenvalue weighted by Gasteiger charge is 2.17. The van der Waals surface area contributed by atoms with Crippen LogP contribution in [0.25, 0.3) is 0 Å². The molecule has 1 heterocycles. The second kappa shape index (κ2) is 6.52. The van der Waals surface area contributed by atoms with E-state index in [2.05, 4.69) is 71.7 Å². The van der Waals surface area contributed by atoms with Gasteiger partial charge in [0.1, 0.15) is 0 Å². The quantitative estimate of drug-likeness (QED) is 0.876. The van der Waals surface area contributed by atoms with Crippen LogP contribution in [0.15, 0.2) is 30.5 Å². The summed E-state index contributed by atoms with van der Waals surface area (Å²) in [6, 6.07) is 8.26. The SMILES string of the molecule is CCCNc1nncc(Nc2ccccc2C(C)(C)C)n1. The molecule has 0 saturated carbocycles. The molecule has 0 fully saturated rings. The summed E-state index contributed by atoms with van der Waals surface area (Å²) in [5.74, 6) is 1.25. The molecule has 5 nitrogen and oxygen atoms in total. The van der Waals surface area contributed by atoms with E-state index in [-0.39, 0.29) is 5.41 Å². The molecule has 21 heavy (non-hydrogen) atoms. The van der Waals surface area contributed by atoms with Crippen molar-refractivity contribution in [3.63, 3.8) is 0 Å². The van der Waals surface area contributed by atoms with E-state index in [1.54, 1.807) is 6.20 Å². The van der Waals surface area contributed by atoms with Crippen LogP contribution < -0.4 is 10.6 Å². The number of anilines is 3. The number of nitrogens with one attached hydrogen (secondary N) is 2. The first-order valence-corrected chi connectivity index (χ1v) is 7.31. The number of benzene rings is 1. The molecule has 2 N–H and O–H groups in total. The number of rotatable bonds is 5. The van der Waals surface area contributed by atoms with Crippen molar-refractivity contribution in [1.82, 2.24) is 15.2 Å². The monoisotopic (exact) mass is 285 g/mol. The maximum absolute atomic E-state index is 4.43. The van der Waals surface area contributed by atoms with Gasteiger partial charge in [-0.15, -0.1) is 5.10 Å². The lowest BCUT2D eigenvalue weighted by Crippen LogP contribution is -2.14. The van der Waals surface area contributed by atoms with Gasteiger partial charge >= 0.3 is 0 Å². The molecule has 0 atom stereocenters.